The maximum atomic E-state index is 5.54. The molecule has 7 nitrogen and oxygen atoms in total. The molecule has 1 unspecified atom stereocenters. The summed E-state index contributed by atoms with van der Waals surface area (Å²) in [6.07, 6.45) is 5.93. The average molecular weight is 447 g/mol. The fourth-order valence-corrected chi connectivity index (χ4v) is 4.24. The number of imidazole rings is 1. The number of nitrogens with one attached hydrogen (secondary N) is 2. The fourth-order valence-electron chi connectivity index (χ4n) is 4.24. The second-order valence-electron chi connectivity index (χ2n) is 8.22. The number of anilines is 1. The van der Waals surface area contributed by atoms with Crippen LogP contribution in [0, 0.1) is 0 Å². The van der Waals surface area contributed by atoms with Gasteiger partial charge in [0.05, 0.1) is 12.8 Å². The van der Waals surface area contributed by atoms with Gasteiger partial charge in [0.25, 0.3) is 0 Å². The zero-order valence-electron chi connectivity index (χ0n) is 19.6. The van der Waals surface area contributed by atoms with Gasteiger partial charge in [-0.15, -0.1) is 0 Å². The highest BCUT2D eigenvalue weighted by Crippen LogP contribution is 2.30. The average Bonchev–Trinajstić information content (AvgIpc) is 3.51. The maximum absolute atomic E-state index is 5.54. The second-order valence-corrected chi connectivity index (χ2v) is 8.22. The normalized spacial score (nSPS) is 16.1. The number of rotatable bonds is 9. The molecule has 0 amide bonds. The molecule has 7 heteroatoms. The number of guanidine groups is 1. The lowest BCUT2D eigenvalue weighted by Gasteiger charge is -2.22. The highest BCUT2D eigenvalue weighted by Gasteiger charge is 2.25. The largest absolute Gasteiger partial charge is 0.495 e. The van der Waals surface area contributed by atoms with Gasteiger partial charge < -0.3 is 24.8 Å². The maximum Gasteiger partial charge on any atom is 0.191 e. The van der Waals surface area contributed by atoms with Crippen LogP contribution in [0.1, 0.15) is 24.7 Å². The standard InChI is InChI=1S/C26H34N6O/c1-3-27-26(30-22-14-17-32(20-22)23-11-7-8-12-24(23)33-2)29-19-25-28-15-18-31(25)16-13-21-9-5-4-6-10-21/h4-12,15,18,22H,3,13-14,16-17,19-20H2,1-2H3,(H2,27,29,30). The number of aliphatic imine (C=N–C) groups is 1. The van der Waals surface area contributed by atoms with Crippen LogP contribution in [0.4, 0.5) is 5.69 Å². The van der Waals surface area contributed by atoms with Gasteiger partial charge in [-0.3, -0.25) is 0 Å². The molecule has 0 spiro atoms. The number of aryl methyl sites for hydroxylation is 2. The second kappa shape index (κ2) is 11.4. The lowest BCUT2D eigenvalue weighted by Crippen LogP contribution is -2.44. The van der Waals surface area contributed by atoms with E-state index in [4.69, 9.17) is 9.73 Å². The van der Waals surface area contributed by atoms with Gasteiger partial charge in [0.15, 0.2) is 5.96 Å². The molecular formula is C26H34N6O. The summed E-state index contributed by atoms with van der Waals surface area (Å²) in [5.74, 6) is 2.73. The molecule has 0 saturated carbocycles. The van der Waals surface area contributed by atoms with E-state index in [9.17, 15) is 0 Å². The molecule has 1 fully saturated rings. The lowest BCUT2D eigenvalue weighted by atomic mass is 10.1. The zero-order valence-corrected chi connectivity index (χ0v) is 19.6. The summed E-state index contributed by atoms with van der Waals surface area (Å²) in [4.78, 5) is 11.7. The van der Waals surface area contributed by atoms with E-state index in [0.29, 0.717) is 12.6 Å². The quantitative estimate of drug-likeness (QED) is 0.389. The van der Waals surface area contributed by atoms with E-state index in [-0.39, 0.29) is 0 Å². The highest BCUT2D eigenvalue weighted by molar-refractivity contribution is 5.80. The topological polar surface area (TPSA) is 66.7 Å². The predicted octanol–water partition coefficient (Wildman–Crippen LogP) is 3.47. The van der Waals surface area contributed by atoms with Crippen molar-refractivity contribution < 1.29 is 4.74 Å². The number of ether oxygens (including phenoxy) is 1. The van der Waals surface area contributed by atoms with Crippen molar-refractivity contribution in [2.45, 2.75) is 38.9 Å². The van der Waals surface area contributed by atoms with Gasteiger partial charge in [-0.2, -0.15) is 0 Å². The summed E-state index contributed by atoms with van der Waals surface area (Å²) in [5.41, 5.74) is 2.48. The van der Waals surface area contributed by atoms with Crippen LogP contribution >= 0.6 is 0 Å². The Bertz CT molecular complexity index is 1030. The third-order valence-electron chi connectivity index (χ3n) is 5.96. The monoisotopic (exact) mass is 446 g/mol. The minimum absolute atomic E-state index is 0.325. The number of hydrogen-bond donors (Lipinski definition) is 2. The number of para-hydroxylation sites is 2. The van der Waals surface area contributed by atoms with Crippen molar-refractivity contribution in [3.8, 4) is 5.75 Å². The summed E-state index contributed by atoms with van der Waals surface area (Å²) >= 11 is 0. The van der Waals surface area contributed by atoms with E-state index in [1.165, 1.54) is 5.56 Å². The Hall–Kier alpha value is -3.48. The Morgan fingerprint density at radius 3 is 2.79 bits per heavy atom. The molecule has 33 heavy (non-hydrogen) atoms. The van der Waals surface area contributed by atoms with E-state index in [1.807, 2.05) is 24.5 Å². The summed E-state index contributed by atoms with van der Waals surface area (Å²) in [6, 6.07) is 19.1. The molecule has 1 aromatic heterocycles. The molecule has 0 aliphatic carbocycles. The minimum Gasteiger partial charge on any atom is -0.495 e. The third-order valence-corrected chi connectivity index (χ3v) is 5.96. The number of methoxy groups -OCH3 is 1. The van der Waals surface area contributed by atoms with E-state index in [0.717, 1.165) is 62.2 Å². The zero-order chi connectivity index (χ0) is 22.9. The van der Waals surface area contributed by atoms with Gasteiger partial charge in [0.2, 0.25) is 0 Å². The number of hydrogen-bond acceptors (Lipinski definition) is 4. The number of aromatic nitrogens is 2. The molecule has 1 atom stereocenters. The lowest BCUT2D eigenvalue weighted by molar-refractivity contribution is 0.415. The van der Waals surface area contributed by atoms with Gasteiger partial charge in [-0.05, 0) is 37.5 Å². The Kier molecular flexibility index (Phi) is 7.85. The van der Waals surface area contributed by atoms with Gasteiger partial charge >= 0.3 is 0 Å². The highest BCUT2D eigenvalue weighted by atomic mass is 16.5. The Morgan fingerprint density at radius 2 is 1.97 bits per heavy atom. The van der Waals surface area contributed by atoms with E-state index in [2.05, 4.69) is 74.5 Å². The molecular weight excluding hydrogens is 412 g/mol. The molecule has 2 heterocycles. The smallest absolute Gasteiger partial charge is 0.191 e. The van der Waals surface area contributed by atoms with Gasteiger partial charge in [-0.25, -0.2) is 9.98 Å². The van der Waals surface area contributed by atoms with E-state index < -0.39 is 0 Å². The van der Waals surface area contributed by atoms with Crippen molar-refractivity contribution in [3.05, 3.63) is 78.4 Å². The predicted molar refractivity (Wildman–Crippen MR) is 134 cm³/mol. The Balaban J connectivity index is 1.35. The van der Waals surface area contributed by atoms with Crippen LogP contribution in [0.15, 0.2) is 72.0 Å². The molecule has 0 radical (unpaired) electrons. The SMILES string of the molecule is CCNC(=NCc1nccn1CCc1ccccc1)NC1CCN(c2ccccc2OC)C1. The Labute approximate surface area is 196 Å². The molecule has 1 aliphatic rings. The molecule has 0 bridgehead atoms. The minimum atomic E-state index is 0.325. The van der Waals surface area contributed by atoms with Crippen molar-refractivity contribution in [2.24, 2.45) is 4.99 Å². The molecule has 3 aromatic rings. The first-order chi connectivity index (χ1) is 16.3. The molecule has 2 N–H and O–H groups in total. The first kappa shape index (κ1) is 22.7. The van der Waals surface area contributed by atoms with Gasteiger partial charge in [0.1, 0.15) is 18.1 Å². The third kappa shape index (κ3) is 6.06. The molecule has 2 aromatic carbocycles. The summed E-state index contributed by atoms with van der Waals surface area (Å²) in [6.45, 7) is 6.25. The Morgan fingerprint density at radius 1 is 1.15 bits per heavy atom. The molecule has 4 rings (SSSR count). The van der Waals surface area contributed by atoms with Crippen LogP contribution in [0.3, 0.4) is 0 Å². The summed E-state index contributed by atoms with van der Waals surface area (Å²) < 4.78 is 7.74. The van der Waals surface area contributed by atoms with Gasteiger partial charge in [0, 0.05) is 44.6 Å². The van der Waals surface area contributed by atoms with Crippen molar-refractivity contribution in [2.75, 3.05) is 31.6 Å². The fraction of sp³-hybridized carbons (Fsp3) is 0.385. The van der Waals surface area contributed by atoms with Crippen molar-refractivity contribution in [1.29, 1.82) is 0 Å². The summed E-state index contributed by atoms with van der Waals surface area (Å²) in [7, 11) is 1.73. The van der Waals surface area contributed by atoms with Crippen LogP contribution in [0.2, 0.25) is 0 Å². The van der Waals surface area contributed by atoms with Crippen LogP contribution in [0.25, 0.3) is 0 Å². The molecule has 174 valence electrons. The van der Waals surface area contributed by atoms with Crippen LogP contribution in [-0.2, 0) is 19.5 Å². The van der Waals surface area contributed by atoms with E-state index >= 15 is 0 Å². The molecule has 1 aliphatic heterocycles. The van der Waals surface area contributed by atoms with Crippen LogP contribution < -0.4 is 20.3 Å². The van der Waals surface area contributed by atoms with Crippen molar-refractivity contribution >= 4 is 11.6 Å². The van der Waals surface area contributed by atoms with Crippen molar-refractivity contribution in [1.82, 2.24) is 20.2 Å². The number of benzene rings is 2. The number of nitrogens with zero attached hydrogens (tertiary/aromatic N) is 4. The van der Waals surface area contributed by atoms with Crippen LogP contribution in [0.5, 0.6) is 5.75 Å². The van der Waals surface area contributed by atoms with Crippen LogP contribution in [-0.4, -0.2) is 48.3 Å². The molecule has 1 saturated heterocycles. The first-order valence-electron chi connectivity index (χ1n) is 11.7. The first-order valence-corrected chi connectivity index (χ1v) is 11.7. The van der Waals surface area contributed by atoms with Gasteiger partial charge in [-0.1, -0.05) is 42.5 Å². The van der Waals surface area contributed by atoms with Crippen molar-refractivity contribution in [3.63, 3.8) is 0 Å². The summed E-state index contributed by atoms with van der Waals surface area (Å²) in [5, 5.41) is 7.00. The van der Waals surface area contributed by atoms with E-state index in [1.54, 1.807) is 7.11 Å².